The van der Waals surface area contributed by atoms with Crippen molar-refractivity contribution in [1.29, 1.82) is 0 Å². The summed E-state index contributed by atoms with van der Waals surface area (Å²) < 4.78 is 24.3. The third-order valence-electron chi connectivity index (χ3n) is 3.99. The molecule has 0 fully saturated rings. The Morgan fingerprint density at radius 3 is 2.59 bits per heavy atom. The number of hydrogen-bond donors (Lipinski definition) is 2. The Morgan fingerprint density at radius 1 is 1.26 bits per heavy atom. The van der Waals surface area contributed by atoms with Crippen molar-refractivity contribution in [3.05, 3.63) is 58.8 Å². The van der Waals surface area contributed by atoms with Crippen LogP contribution in [-0.4, -0.2) is 16.8 Å². The molecule has 5 nitrogen and oxygen atoms in total. The quantitative estimate of drug-likeness (QED) is 0.469. The molecule has 8 heteroatoms. The van der Waals surface area contributed by atoms with Crippen molar-refractivity contribution in [1.82, 2.24) is 10.3 Å². The summed E-state index contributed by atoms with van der Waals surface area (Å²) in [7, 11) is 0. The van der Waals surface area contributed by atoms with E-state index >= 15 is 0 Å². The third-order valence-corrected chi connectivity index (χ3v) is 4.57. The maximum absolute atomic E-state index is 13.6. The SMILES string of the molecule is Cc1c(CNC(=O)c2ccnc(NC(=O)C(C)C)c2)cccc1C(F)(F)I. The molecular weight excluding hydrogens is 467 g/mol. The zero-order valence-electron chi connectivity index (χ0n) is 15.1. The van der Waals surface area contributed by atoms with Gasteiger partial charge in [-0.15, -0.1) is 0 Å². The summed E-state index contributed by atoms with van der Waals surface area (Å²) in [5, 5.41) is 5.34. The van der Waals surface area contributed by atoms with Gasteiger partial charge in [0, 0.05) is 52.4 Å². The summed E-state index contributed by atoms with van der Waals surface area (Å²) in [4.78, 5) is 28.1. The molecule has 0 atom stereocenters. The Kier molecular flexibility index (Phi) is 6.85. The largest absolute Gasteiger partial charge is 0.348 e. The number of nitrogens with one attached hydrogen (secondary N) is 2. The van der Waals surface area contributed by atoms with Gasteiger partial charge in [0.15, 0.2) is 0 Å². The fourth-order valence-electron chi connectivity index (χ4n) is 2.37. The van der Waals surface area contributed by atoms with Crippen LogP contribution in [0.3, 0.4) is 0 Å². The first-order chi connectivity index (χ1) is 12.6. The van der Waals surface area contributed by atoms with Crippen LogP contribution in [0, 0.1) is 12.8 Å². The number of hydrogen-bond acceptors (Lipinski definition) is 3. The molecule has 0 unspecified atom stereocenters. The predicted octanol–water partition coefficient (Wildman–Crippen LogP) is 4.40. The van der Waals surface area contributed by atoms with E-state index in [4.69, 9.17) is 0 Å². The number of carbonyl (C=O) groups excluding carboxylic acids is 2. The van der Waals surface area contributed by atoms with E-state index in [1.54, 1.807) is 32.9 Å². The Labute approximate surface area is 170 Å². The van der Waals surface area contributed by atoms with Crippen LogP contribution < -0.4 is 10.6 Å². The van der Waals surface area contributed by atoms with Crippen molar-refractivity contribution in [2.75, 3.05) is 5.32 Å². The van der Waals surface area contributed by atoms with Crippen LogP contribution in [0.4, 0.5) is 14.6 Å². The molecule has 1 aromatic carbocycles. The maximum Gasteiger partial charge on any atom is 0.321 e. The standard InChI is InChI=1S/C19H20F2IN3O2/c1-11(2)17(26)25-16-9-13(7-8-23-16)18(27)24-10-14-5-4-6-15(12(14)3)19(20,21)22/h4-9,11H,10H2,1-3H3,(H,24,27)(H,23,25,26). The fraction of sp³-hybridized carbons (Fsp3) is 0.316. The van der Waals surface area contributed by atoms with Gasteiger partial charge in [-0.25, -0.2) is 4.98 Å². The van der Waals surface area contributed by atoms with Crippen molar-refractivity contribution in [2.24, 2.45) is 5.92 Å². The lowest BCUT2D eigenvalue weighted by Gasteiger charge is -2.16. The summed E-state index contributed by atoms with van der Waals surface area (Å²) in [6, 6.07) is 7.60. The number of pyridine rings is 1. The third kappa shape index (κ3) is 5.69. The first-order valence-corrected chi connectivity index (χ1v) is 9.38. The predicted molar refractivity (Wildman–Crippen MR) is 108 cm³/mol. The average Bonchev–Trinajstić information content (AvgIpc) is 2.59. The number of alkyl halides is 3. The molecule has 2 aromatic rings. The molecule has 1 heterocycles. The number of nitrogens with zero attached hydrogens (tertiary/aromatic N) is 1. The van der Waals surface area contributed by atoms with Gasteiger partial charge in [0.2, 0.25) is 5.91 Å². The Bertz CT molecular complexity index is 851. The molecule has 0 aliphatic rings. The lowest BCUT2D eigenvalue weighted by molar-refractivity contribution is -0.118. The van der Waals surface area contributed by atoms with Gasteiger partial charge < -0.3 is 10.6 Å². The number of carbonyl (C=O) groups is 2. The van der Waals surface area contributed by atoms with E-state index in [-0.39, 0.29) is 35.7 Å². The van der Waals surface area contributed by atoms with E-state index in [0.29, 0.717) is 16.7 Å². The number of aromatic nitrogens is 1. The van der Waals surface area contributed by atoms with Crippen molar-refractivity contribution in [3.8, 4) is 0 Å². The molecule has 0 bridgehead atoms. The number of halogens is 3. The first-order valence-electron chi connectivity index (χ1n) is 8.30. The molecule has 2 amide bonds. The van der Waals surface area contributed by atoms with Crippen LogP contribution in [0.15, 0.2) is 36.5 Å². The topological polar surface area (TPSA) is 71.1 Å². The second kappa shape index (κ2) is 8.73. The van der Waals surface area contributed by atoms with Gasteiger partial charge >= 0.3 is 3.93 Å². The van der Waals surface area contributed by atoms with Crippen LogP contribution in [0.2, 0.25) is 0 Å². The van der Waals surface area contributed by atoms with E-state index in [1.165, 1.54) is 24.4 Å². The average molecular weight is 487 g/mol. The van der Waals surface area contributed by atoms with E-state index in [2.05, 4.69) is 15.6 Å². The van der Waals surface area contributed by atoms with Gasteiger partial charge in [-0.2, -0.15) is 8.78 Å². The van der Waals surface area contributed by atoms with Crippen molar-refractivity contribution < 1.29 is 18.4 Å². The summed E-state index contributed by atoms with van der Waals surface area (Å²) in [6.45, 7) is 5.22. The molecule has 2 N–H and O–H groups in total. The van der Waals surface area contributed by atoms with E-state index < -0.39 is 3.93 Å². The Hall–Kier alpha value is -2.10. The van der Waals surface area contributed by atoms with E-state index in [0.717, 1.165) is 22.6 Å². The van der Waals surface area contributed by atoms with Crippen molar-refractivity contribution >= 4 is 40.2 Å². The normalized spacial score (nSPS) is 11.4. The number of rotatable bonds is 6. The zero-order chi connectivity index (χ0) is 20.2. The number of anilines is 1. The summed E-state index contributed by atoms with van der Waals surface area (Å²) in [5.41, 5.74) is 1.30. The second-order valence-electron chi connectivity index (χ2n) is 6.34. The Morgan fingerprint density at radius 2 is 1.96 bits per heavy atom. The molecule has 0 radical (unpaired) electrons. The van der Waals surface area contributed by atoms with E-state index in [9.17, 15) is 18.4 Å². The first kappa shape index (κ1) is 21.2. The van der Waals surface area contributed by atoms with Crippen LogP contribution in [0.5, 0.6) is 0 Å². The van der Waals surface area contributed by atoms with Gasteiger partial charge in [-0.1, -0.05) is 32.0 Å². The molecule has 0 saturated carbocycles. The number of amides is 2. The number of benzene rings is 1. The highest BCUT2D eigenvalue weighted by atomic mass is 127. The lowest BCUT2D eigenvalue weighted by Crippen LogP contribution is -2.24. The van der Waals surface area contributed by atoms with Crippen LogP contribution >= 0.6 is 22.6 Å². The smallest absolute Gasteiger partial charge is 0.321 e. The van der Waals surface area contributed by atoms with Crippen molar-refractivity contribution in [3.63, 3.8) is 0 Å². The monoisotopic (exact) mass is 487 g/mol. The zero-order valence-corrected chi connectivity index (χ0v) is 17.3. The molecule has 144 valence electrons. The maximum atomic E-state index is 13.6. The van der Waals surface area contributed by atoms with E-state index in [1.807, 2.05) is 0 Å². The van der Waals surface area contributed by atoms with Crippen molar-refractivity contribution in [2.45, 2.75) is 31.2 Å². The lowest BCUT2D eigenvalue weighted by atomic mass is 10.0. The Balaban J connectivity index is 2.10. The summed E-state index contributed by atoms with van der Waals surface area (Å²) >= 11 is 1.09. The second-order valence-corrected chi connectivity index (χ2v) is 7.70. The summed E-state index contributed by atoms with van der Waals surface area (Å²) in [6.07, 6.45) is 1.42. The molecule has 0 aliphatic carbocycles. The van der Waals surface area contributed by atoms with Gasteiger partial charge in [-0.3, -0.25) is 9.59 Å². The minimum absolute atomic E-state index is 0.0718. The summed E-state index contributed by atoms with van der Waals surface area (Å²) in [5.74, 6) is -0.518. The van der Waals surface area contributed by atoms with Gasteiger partial charge in [0.1, 0.15) is 5.82 Å². The fourth-order valence-corrected chi connectivity index (χ4v) is 2.95. The van der Waals surface area contributed by atoms with Gasteiger partial charge in [0.05, 0.1) is 0 Å². The molecular formula is C19H20F2IN3O2. The van der Waals surface area contributed by atoms with Crippen LogP contribution in [0.25, 0.3) is 0 Å². The minimum atomic E-state index is -2.98. The van der Waals surface area contributed by atoms with Crippen LogP contribution in [0.1, 0.15) is 40.9 Å². The molecule has 2 rings (SSSR count). The highest BCUT2D eigenvalue weighted by Gasteiger charge is 2.29. The molecule has 0 aliphatic heterocycles. The highest BCUT2D eigenvalue weighted by molar-refractivity contribution is 14.1. The molecule has 0 spiro atoms. The highest BCUT2D eigenvalue weighted by Crippen LogP contribution is 2.37. The molecule has 27 heavy (non-hydrogen) atoms. The molecule has 1 aromatic heterocycles. The van der Waals surface area contributed by atoms with Crippen LogP contribution in [-0.2, 0) is 15.3 Å². The minimum Gasteiger partial charge on any atom is -0.348 e. The van der Waals surface area contributed by atoms with Gasteiger partial charge in [0.25, 0.3) is 5.91 Å². The molecule has 0 saturated heterocycles. The van der Waals surface area contributed by atoms with Gasteiger partial charge in [-0.05, 0) is 30.2 Å².